The minimum atomic E-state index is -4.34. The number of hydrogen-bond donors (Lipinski definition) is 2. The SMILES string of the molecule is CN1CC2=C(CNC2)N=C1NC1=CC(C(F)(F)F)=CCC=C1. The predicted octanol–water partition coefficient (Wildman–Crippen LogP) is 2.07. The smallest absolute Gasteiger partial charge is 0.341 e. The van der Waals surface area contributed by atoms with E-state index in [1.165, 1.54) is 11.6 Å². The van der Waals surface area contributed by atoms with Gasteiger partial charge in [-0.2, -0.15) is 13.2 Å². The fraction of sp³-hybridized carbons (Fsp3) is 0.400. The van der Waals surface area contributed by atoms with Crippen molar-refractivity contribution in [3.8, 4) is 0 Å². The van der Waals surface area contributed by atoms with E-state index in [-0.39, 0.29) is 6.42 Å². The zero-order valence-corrected chi connectivity index (χ0v) is 12.2. The monoisotopic (exact) mass is 310 g/mol. The molecular formula is C15H17F3N4. The van der Waals surface area contributed by atoms with Gasteiger partial charge in [0.05, 0.1) is 11.3 Å². The zero-order valence-electron chi connectivity index (χ0n) is 12.2. The second-order valence-corrected chi connectivity index (χ2v) is 5.47. The van der Waals surface area contributed by atoms with E-state index in [1.807, 2.05) is 11.9 Å². The fourth-order valence-electron chi connectivity index (χ4n) is 2.59. The Hall–Kier alpha value is -2.02. The Bertz CT molecular complexity index is 623. The molecule has 0 aromatic heterocycles. The van der Waals surface area contributed by atoms with Gasteiger partial charge in [-0.15, -0.1) is 0 Å². The number of nitrogens with zero attached hydrogens (tertiary/aromatic N) is 2. The van der Waals surface area contributed by atoms with Gasteiger partial charge in [-0.3, -0.25) is 0 Å². The standard InChI is InChI=1S/C15H17F3N4/c1-22-9-10-7-19-8-13(10)21-14(22)20-12-5-3-2-4-11(6-12)15(16,17)18/h3-6,19H,2,7-9H2,1H3,(H,20,21). The maximum atomic E-state index is 12.9. The molecule has 0 atom stereocenters. The number of alkyl halides is 3. The quantitative estimate of drug-likeness (QED) is 0.779. The maximum absolute atomic E-state index is 12.9. The van der Waals surface area contributed by atoms with Crippen molar-refractivity contribution in [3.05, 3.63) is 46.8 Å². The summed E-state index contributed by atoms with van der Waals surface area (Å²) in [5.41, 5.74) is 1.96. The molecule has 0 saturated heterocycles. The molecule has 0 unspecified atom stereocenters. The van der Waals surface area contributed by atoms with Crippen molar-refractivity contribution in [1.29, 1.82) is 0 Å². The van der Waals surface area contributed by atoms with Crippen molar-refractivity contribution in [3.63, 3.8) is 0 Å². The highest BCUT2D eigenvalue weighted by Gasteiger charge is 2.32. The van der Waals surface area contributed by atoms with Gasteiger partial charge < -0.3 is 15.5 Å². The van der Waals surface area contributed by atoms with E-state index in [2.05, 4.69) is 15.6 Å². The third-order valence-corrected chi connectivity index (χ3v) is 3.74. The van der Waals surface area contributed by atoms with Crippen LogP contribution in [0.15, 0.2) is 51.8 Å². The van der Waals surface area contributed by atoms with Crippen LogP contribution in [0.1, 0.15) is 6.42 Å². The number of aliphatic imine (C=N–C) groups is 1. The van der Waals surface area contributed by atoms with Crippen molar-refractivity contribution in [1.82, 2.24) is 15.5 Å². The van der Waals surface area contributed by atoms with Crippen LogP contribution in [0.3, 0.4) is 0 Å². The molecule has 0 radical (unpaired) electrons. The van der Waals surface area contributed by atoms with E-state index in [4.69, 9.17) is 0 Å². The summed E-state index contributed by atoms with van der Waals surface area (Å²) in [5, 5.41) is 6.23. The lowest BCUT2D eigenvalue weighted by Crippen LogP contribution is -2.41. The summed E-state index contributed by atoms with van der Waals surface area (Å²) in [6, 6.07) is 0. The number of halogens is 3. The van der Waals surface area contributed by atoms with Crippen LogP contribution < -0.4 is 10.6 Å². The molecule has 0 bridgehead atoms. The first-order valence-corrected chi connectivity index (χ1v) is 7.07. The summed E-state index contributed by atoms with van der Waals surface area (Å²) in [6.07, 6.45) is 1.57. The number of allylic oxidation sites excluding steroid dienone is 5. The zero-order chi connectivity index (χ0) is 15.7. The molecule has 0 spiro atoms. The number of hydrogen-bond acceptors (Lipinski definition) is 4. The van der Waals surface area contributed by atoms with Crippen LogP contribution in [-0.2, 0) is 0 Å². The van der Waals surface area contributed by atoms with E-state index >= 15 is 0 Å². The summed E-state index contributed by atoms with van der Waals surface area (Å²) < 4.78 is 38.7. The minimum Gasteiger partial charge on any atom is -0.341 e. The van der Waals surface area contributed by atoms with Gasteiger partial charge in [-0.25, -0.2) is 4.99 Å². The Labute approximate surface area is 126 Å². The topological polar surface area (TPSA) is 39.7 Å². The van der Waals surface area contributed by atoms with E-state index in [1.54, 1.807) is 12.2 Å². The average Bonchev–Trinajstić information content (AvgIpc) is 2.74. The Morgan fingerprint density at radius 2 is 2.14 bits per heavy atom. The first kappa shape index (κ1) is 14.9. The van der Waals surface area contributed by atoms with E-state index in [9.17, 15) is 13.2 Å². The van der Waals surface area contributed by atoms with Crippen LogP contribution in [0.25, 0.3) is 0 Å². The largest absolute Gasteiger partial charge is 0.416 e. The molecule has 3 rings (SSSR count). The van der Waals surface area contributed by atoms with Crippen LogP contribution in [0.4, 0.5) is 13.2 Å². The van der Waals surface area contributed by atoms with Crippen molar-refractivity contribution >= 4 is 5.96 Å². The van der Waals surface area contributed by atoms with Crippen LogP contribution in [0.5, 0.6) is 0 Å². The normalized spacial score (nSPS) is 22.0. The number of rotatable bonds is 1. The molecule has 0 saturated carbocycles. The molecular weight excluding hydrogens is 293 g/mol. The van der Waals surface area contributed by atoms with Crippen molar-refractivity contribution in [2.45, 2.75) is 12.6 Å². The molecule has 3 aliphatic rings. The molecule has 1 aliphatic carbocycles. The van der Waals surface area contributed by atoms with Gasteiger partial charge in [-0.05, 0) is 24.1 Å². The van der Waals surface area contributed by atoms with E-state index in [0.29, 0.717) is 18.2 Å². The van der Waals surface area contributed by atoms with Crippen molar-refractivity contribution < 1.29 is 13.2 Å². The van der Waals surface area contributed by atoms with Gasteiger partial charge in [0.1, 0.15) is 0 Å². The molecule has 2 aliphatic heterocycles. The first-order valence-electron chi connectivity index (χ1n) is 7.07. The lowest BCUT2D eigenvalue weighted by atomic mass is 10.2. The molecule has 4 nitrogen and oxygen atoms in total. The lowest BCUT2D eigenvalue weighted by molar-refractivity contribution is -0.0884. The van der Waals surface area contributed by atoms with Gasteiger partial charge in [0, 0.05) is 32.4 Å². The summed E-state index contributed by atoms with van der Waals surface area (Å²) in [5.74, 6) is 0.571. The summed E-state index contributed by atoms with van der Waals surface area (Å²) >= 11 is 0. The van der Waals surface area contributed by atoms with Gasteiger partial charge in [0.2, 0.25) is 5.96 Å². The van der Waals surface area contributed by atoms with Crippen LogP contribution in [-0.4, -0.2) is 43.7 Å². The van der Waals surface area contributed by atoms with Gasteiger partial charge >= 0.3 is 6.18 Å². The third-order valence-electron chi connectivity index (χ3n) is 3.74. The maximum Gasteiger partial charge on any atom is 0.416 e. The predicted molar refractivity (Wildman–Crippen MR) is 79.1 cm³/mol. The summed E-state index contributed by atoms with van der Waals surface area (Å²) in [6.45, 7) is 2.25. The molecule has 0 aromatic rings. The highest BCUT2D eigenvalue weighted by Crippen LogP contribution is 2.29. The molecule has 2 heterocycles. The molecule has 0 aromatic carbocycles. The highest BCUT2D eigenvalue weighted by atomic mass is 19.4. The van der Waals surface area contributed by atoms with Gasteiger partial charge in [-0.1, -0.05) is 12.2 Å². The van der Waals surface area contributed by atoms with Crippen molar-refractivity contribution in [2.24, 2.45) is 4.99 Å². The summed E-state index contributed by atoms with van der Waals surface area (Å²) in [7, 11) is 1.87. The van der Waals surface area contributed by atoms with Crippen LogP contribution in [0, 0.1) is 0 Å². The minimum absolute atomic E-state index is 0.262. The molecule has 7 heteroatoms. The molecule has 0 amide bonds. The van der Waals surface area contributed by atoms with Crippen molar-refractivity contribution in [2.75, 3.05) is 26.7 Å². The van der Waals surface area contributed by atoms with Crippen LogP contribution >= 0.6 is 0 Å². The highest BCUT2D eigenvalue weighted by molar-refractivity contribution is 5.84. The lowest BCUT2D eigenvalue weighted by Gasteiger charge is -2.27. The number of guanidine groups is 1. The first-order chi connectivity index (χ1) is 10.4. The van der Waals surface area contributed by atoms with Crippen LogP contribution in [0.2, 0.25) is 0 Å². The van der Waals surface area contributed by atoms with Gasteiger partial charge in [0.15, 0.2) is 0 Å². The number of likely N-dealkylation sites (N-methyl/N-ethyl adjacent to an activating group) is 1. The molecule has 118 valence electrons. The Morgan fingerprint density at radius 1 is 1.32 bits per heavy atom. The fourth-order valence-corrected chi connectivity index (χ4v) is 2.59. The second kappa shape index (κ2) is 5.64. The third kappa shape index (κ3) is 3.09. The van der Waals surface area contributed by atoms with Gasteiger partial charge in [0.25, 0.3) is 0 Å². The summed E-state index contributed by atoms with van der Waals surface area (Å²) in [4.78, 5) is 6.42. The number of nitrogens with one attached hydrogen (secondary N) is 2. The Balaban J connectivity index is 1.83. The molecule has 0 fully saturated rings. The van der Waals surface area contributed by atoms with E-state index in [0.717, 1.165) is 24.9 Å². The molecule has 22 heavy (non-hydrogen) atoms. The Morgan fingerprint density at radius 3 is 2.91 bits per heavy atom. The van der Waals surface area contributed by atoms with E-state index < -0.39 is 11.7 Å². The Kier molecular flexibility index (Phi) is 3.82. The molecule has 2 N–H and O–H groups in total. The second-order valence-electron chi connectivity index (χ2n) is 5.47. The average molecular weight is 310 g/mol.